The van der Waals surface area contributed by atoms with E-state index in [1.54, 1.807) is 0 Å². The molecular weight excluding hydrogens is 244 g/mol. The lowest BCUT2D eigenvalue weighted by molar-refractivity contribution is -0.155. The van der Waals surface area contributed by atoms with E-state index in [9.17, 15) is 14.7 Å². The molecule has 1 aliphatic carbocycles. The van der Waals surface area contributed by atoms with Crippen molar-refractivity contribution in [1.29, 1.82) is 0 Å². The normalized spacial score (nSPS) is 36.0. The van der Waals surface area contributed by atoms with Crippen LogP contribution in [0.4, 0.5) is 0 Å². The summed E-state index contributed by atoms with van der Waals surface area (Å²) in [7, 11) is 0. The van der Waals surface area contributed by atoms with Crippen molar-refractivity contribution in [3.8, 4) is 0 Å². The summed E-state index contributed by atoms with van der Waals surface area (Å²) in [6.45, 7) is 2.64. The van der Waals surface area contributed by atoms with Crippen molar-refractivity contribution in [3.63, 3.8) is 0 Å². The molecule has 1 aliphatic heterocycles. The molecule has 108 valence electrons. The van der Waals surface area contributed by atoms with Crippen molar-refractivity contribution in [2.75, 3.05) is 6.54 Å². The average molecular weight is 268 g/mol. The molecule has 3 N–H and O–H groups in total. The molecular formula is C14H24N2O3. The third-order valence-corrected chi connectivity index (χ3v) is 4.51. The summed E-state index contributed by atoms with van der Waals surface area (Å²) in [5, 5.41) is 9.26. The Morgan fingerprint density at radius 3 is 2.63 bits per heavy atom. The lowest BCUT2D eigenvalue weighted by Gasteiger charge is -2.42. The van der Waals surface area contributed by atoms with Crippen LogP contribution in [-0.4, -0.2) is 40.0 Å². The van der Waals surface area contributed by atoms with Crippen LogP contribution in [0.25, 0.3) is 0 Å². The lowest BCUT2D eigenvalue weighted by Crippen LogP contribution is -2.61. The standard InChI is InChI=1S/C14H24N2O3/c1-10-5-4-7-14(15,9-10)13(19)16-8-3-2-6-11(16)12(17)18/h10-11H,2-9,15H2,1H3,(H,17,18)/t10?,11-,14?/m1/s1. The monoisotopic (exact) mass is 268 g/mol. The minimum absolute atomic E-state index is 0.147. The van der Waals surface area contributed by atoms with Gasteiger partial charge in [-0.1, -0.05) is 19.8 Å². The minimum atomic E-state index is -0.902. The van der Waals surface area contributed by atoms with E-state index >= 15 is 0 Å². The molecule has 1 saturated carbocycles. The number of carbonyl (C=O) groups is 2. The third-order valence-electron chi connectivity index (χ3n) is 4.51. The molecule has 0 spiro atoms. The summed E-state index contributed by atoms with van der Waals surface area (Å²) in [6, 6.07) is -0.682. The highest BCUT2D eigenvalue weighted by atomic mass is 16.4. The van der Waals surface area contributed by atoms with Gasteiger partial charge in [-0.2, -0.15) is 0 Å². The predicted octanol–water partition coefficient (Wildman–Crippen LogP) is 1.36. The van der Waals surface area contributed by atoms with Crippen LogP contribution in [0.15, 0.2) is 0 Å². The summed E-state index contributed by atoms with van der Waals surface area (Å²) in [4.78, 5) is 25.5. The highest BCUT2D eigenvalue weighted by Crippen LogP contribution is 2.33. The van der Waals surface area contributed by atoms with Gasteiger partial charge in [-0.25, -0.2) is 4.79 Å². The molecule has 1 heterocycles. The zero-order chi connectivity index (χ0) is 14.0. The fourth-order valence-electron chi connectivity index (χ4n) is 3.50. The van der Waals surface area contributed by atoms with Crippen molar-refractivity contribution in [2.24, 2.45) is 11.7 Å². The van der Waals surface area contributed by atoms with Crippen molar-refractivity contribution in [3.05, 3.63) is 0 Å². The van der Waals surface area contributed by atoms with Crippen LogP contribution in [-0.2, 0) is 9.59 Å². The van der Waals surface area contributed by atoms with Crippen molar-refractivity contribution >= 4 is 11.9 Å². The summed E-state index contributed by atoms with van der Waals surface area (Å²) in [6.07, 6.45) is 5.71. The maximum atomic E-state index is 12.7. The van der Waals surface area contributed by atoms with Gasteiger partial charge in [0.25, 0.3) is 0 Å². The molecule has 2 unspecified atom stereocenters. The number of rotatable bonds is 2. The molecule has 0 aromatic heterocycles. The van der Waals surface area contributed by atoms with Crippen molar-refractivity contribution in [2.45, 2.75) is 63.5 Å². The number of carboxylic acid groups (broad SMARTS) is 1. The molecule has 5 heteroatoms. The smallest absolute Gasteiger partial charge is 0.326 e. The van der Waals surface area contributed by atoms with E-state index in [0.29, 0.717) is 31.7 Å². The van der Waals surface area contributed by atoms with Crippen LogP contribution in [0.3, 0.4) is 0 Å². The van der Waals surface area contributed by atoms with Gasteiger partial charge < -0.3 is 15.7 Å². The number of likely N-dealkylation sites (tertiary alicyclic amines) is 1. The zero-order valence-electron chi connectivity index (χ0n) is 11.6. The highest BCUT2D eigenvalue weighted by Gasteiger charge is 2.44. The quantitative estimate of drug-likeness (QED) is 0.792. The molecule has 5 nitrogen and oxygen atoms in total. The van der Waals surface area contributed by atoms with E-state index in [2.05, 4.69) is 6.92 Å². The molecule has 0 radical (unpaired) electrons. The molecule has 0 aromatic rings. The summed E-state index contributed by atoms with van der Waals surface area (Å²) in [5.74, 6) is -0.609. The summed E-state index contributed by atoms with van der Waals surface area (Å²) in [5.41, 5.74) is 5.46. The van der Waals surface area contributed by atoms with Gasteiger partial charge in [0.05, 0.1) is 5.54 Å². The topological polar surface area (TPSA) is 83.6 Å². The number of aliphatic carboxylic acids is 1. The molecule has 19 heavy (non-hydrogen) atoms. The van der Waals surface area contributed by atoms with Crippen LogP contribution < -0.4 is 5.73 Å². The Morgan fingerprint density at radius 1 is 1.26 bits per heavy atom. The van der Waals surface area contributed by atoms with E-state index in [0.717, 1.165) is 25.7 Å². The number of amides is 1. The number of hydrogen-bond acceptors (Lipinski definition) is 3. The maximum Gasteiger partial charge on any atom is 0.326 e. The SMILES string of the molecule is CC1CCCC(N)(C(=O)N2CCCC[C@@H]2C(=O)O)C1. The van der Waals surface area contributed by atoms with E-state index in [-0.39, 0.29) is 5.91 Å². The van der Waals surface area contributed by atoms with E-state index < -0.39 is 17.6 Å². The Kier molecular flexibility index (Phi) is 4.13. The molecule has 0 bridgehead atoms. The Morgan fingerprint density at radius 2 is 2.00 bits per heavy atom. The molecule has 3 atom stereocenters. The average Bonchev–Trinajstić information content (AvgIpc) is 2.37. The Hall–Kier alpha value is -1.10. The van der Waals surface area contributed by atoms with Crippen molar-refractivity contribution < 1.29 is 14.7 Å². The third kappa shape index (κ3) is 2.91. The van der Waals surface area contributed by atoms with Crippen LogP contribution >= 0.6 is 0 Å². The van der Waals surface area contributed by atoms with Crippen LogP contribution in [0, 0.1) is 5.92 Å². The highest BCUT2D eigenvalue weighted by molar-refractivity contribution is 5.90. The van der Waals surface area contributed by atoms with Gasteiger partial charge in [-0.05, 0) is 38.0 Å². The van der Waals surface area contributed by atoms with Crippen LogP contribution in [0.2, 0.25) is 0 Å². The second-order valence-corrected chi connectivity index (χ2v) is 6.21. The fourth-order valence-corrected chi connectivity index (χ4v) is 3.50. The first kappa shape index (κ1) is 14.3. The number of hydrogen-bond donors (Lipinski definition) is 2. The summed E-state index contributed by atoms with van der Waals surface area (Å²) < 4.78 is 0. The Labute approximate surface area is 114 Å². The molecule has 0 aromatic carbocycles. The van der Waals surface area contributed by atoms with Crippen LogP contribution in [0.5, 0.6) is 0 Å². The molecule has 1 amide bonds. The van der Waals surface area contributed by atoms with Gasteiger partial charge in [0.15, 0.2) is 0 Å². The van der Waals surface area contributed by atoms with E-state index in [1.165, 1.54) is 4.90 Å². The Bertz CT molecular complexity index is 372. The zero-order valence-corrected chi connectivity index (χ0v) is 11.6. The number of piperidine rings is 1. The van der Waals surface area contributed by atoms with Gasteiger partial charge in [-0.3, -0.25) is 4.79 Å². The first-order chi connectivity index (χ1) is 8.94. The first-order valence-corrected chi connectivity index (χ1v) is 7.27. The molecule has 2 rings (SSSR count). The number of carbonyl (C=O) groups excluding carboxylic acids is 1. The summed E-state index contributed by atoms with van der Waals surface area (Å²) >= 11 is 0. The lowest BCUT2D eigenvalue weighted by atomic mass is 9.76. The number of nitrogens with two attached hydrogens (primary N) is 1. The first-order valence-electron chi connectivity index (χ1n) is 7.27. The second kappa shape index (κ2) is 5.49. The molecule has 2 aliphatic rings. The van der Waals surface area contributed by atoms with Crippen LogP contribution in [0.1, 0.15) is 51.9 Å². The Balaban J connectivity index is 2.14. The second-order valence-electron chi connectivity index (χ2n) is 6.21. The van der Waals surface area contributed by atoms with E-state index in [1.807, 2.05) is 0 Å². The van der Waals surface area contributed by atoms with Gasteiger partial charge in [0.1, 0.15) is 6.04 Å². The van der Waals surface area contributed by atoms with Gasteiger partial charge in [0, 0.05) is 6.54 Å². The number of carboxylic acids is 1. The fraction of sp³-hybridized carbons (Fsp3) is 0.857. The predicted molar refractivity (Wildman–Crippen MR) is 71.5 cm³/mol. The number of nitrogens with zero attached hydrogens (tertiary/aromatic N) is 1. The molecule has 1 saturated heterocycles. The van der Waals surface area contributed by atoms with Gasteiger partial charge in [-0.15, -0.1) is 0 Å². The molecule has 2 fully saturated rings. The largest absolute Gasteiger partial charge is 0.480 e. The van der Waals surface area contributed by atoms with E-state index in [4.69, 9.17) is 5.73 Å². The van der Waals surface area contributed by atoms with Gasteiger partial charge >= 0.3 is 5.97 Å². The van der Waals surface area contributed by atoms with Gasteiger partial charge in [0.2, 0.25) is 5.91 Å². The maximum absolute atomic E-state index is 12.7. The minimum Gasteiger partial charge on any atom is -0.480 e. The van der Waals surface area contributed by atoms with Crippen molar-refractivity contribution in [1.82, 2.24) is 4.90 Å².